The lowest BCUT2D eigenvalue weighted by molar-refractivity contribution is -0.137. The summed E-state index contributed by atoms with van der Waals surface area (Å²) in [6.45, 7) is 8.00. The van der Waals surface area contributed by atoms with Gasteiger partial charge in [-0.05, 0) is 41.8 Å². The number of hydrogen-bond acceptors (Lipinski definition) is 4. The van der Waals surface area contributed by atoms with Crippen LogP contribution in [0.1, 0.15) is 33.3 Å². The van der Waals surface area contributed by atoms with Crippen LogP contribution in [0.4, 0.5) is 35.1 Å². The zero-order valence-electron chi connectivity index (χ0n) is 21.7. The second-order valence-corrected chi connectivity index (χ2v) is 8.28. The number of aromatic nitrogens is 1. The molecular weight excluding hydrogens is 570 g/mol. The minimum Gasteiger partial charge on any atom is -0.496 e. The van der Waals surface area contributed by atoms with Gasteiger partial charge in [-0.3, -0.25) is 4.98 Å². The molecule has 0 aliphatic carbocycles. The molecule has 0 spiro atoms. The van der Waals surface area contributed by atoms with Crippen LogP contribution in [-0.2, 0) is 17.3 Å². The molecule has 0 aliphatic heterocycles. The van der Waals surface area contributed by atoms with Gasteiger partial charge in [-0.15, -0.1) is 0 Å². The number of pyridine rings is 1. The third-order valence-electron chi connectivity index (χ3n) is 5.04. The molecule has 0 saturated heterocycles. The van der Waals surface area contributed by atoms with Crippen LogP contribution in [0.3, 0.4) is 0 Å². The summed E-state index contributed by atoms with van der Waals surface area (Å²) in [5, 5.41) is 0.696. The minimum absolute atomic E-state index is 0.118. The van der Waals surface area contributed by atoms with Crippen LogP contribution >= 0.6 is 0 Å². The monoisotopic (exact) mass is 593 g/mol. The fourth-order valence-corrected chi connectivity index (χ4v) is 4.12. The molecule has 1 heterocycles. The highest BCUT2D eigenvalue weighted by molar-refractivity contribution is 7.80. The first-order chi connectivity index (χ1) is 18.9. The largest absolute Gasteiger partial charge is 0.496 e. The predicted octanol–water partition coefficient (Wildman–Crippen LogP) is 8.78. The Morgan fingerprint density at radius 2 is 1.35 bits per heavy atom. The van der Waals surface area contributed by atoms with Gasteiger partial charge in [0, 0.05) is 17.1 Å². The maximum atomic E-state index is 13.9. The number of hydrogen-bond donors (Lipinski definition) is 0. The van der Waals surface area contributed by atoms with Crippen molar-refractivity contribution in [3.05, 3.63) is 83.3 Å². The van der Waals surface area contributed by atoms with E-state index in [1.165, 1.54) is 43.6 Å². The van der Waals surface area contributed by atoms with Crippen molar-refractivity contribution in [1.29, 1.82) is 0 Å². The van der Waals surface area contributed by atoms with E-state index in [0.29, 0.717) is 10.8 Å². The summed E-state index contributed by atoms with van der Waals surface area (Å²) in [5.74, 6) is -13.3. The fraction of sp³-hybridized carbons (Fsp3) is 0.222. The normalized spacial score (nSPS) is 11.6. The molecule has 0 radical (unpaired) electrons. The first kappa shape index (κ1) is 32.5. The molecule has 1 atom stereocenters. The van der Waals surface area contributed by atoms with Crippen molar-refractivity contribution in [2.75, 3.05) is 7.11 Å². The lowest BCUT2D eigenvalue weighted by Gasteiger charge is -2.14. The minimum atomic E-state index is -4.60. The van der Waals surface area contributed by atoms with Crippen molar-refractivity contribution in [2.45, 2.75) is 38.8 Å². The van der Waals surface area contributed by atoms with Crippen molar-refractivity contribution in [2.24, 2.45) is 0 Å². The van der Waals surface area contributed by atoms with Crippen LogP contribution in [0.25, 0.3) is 22.0 Å². The van der Waals surface area contributed by atoms with Gasteiger partial charge in [0.2, 0.25) is 45.9 Å². The third-order valence-corrected chi connectivity index (χ3v) is 6.00. The molecule has 4 aromatic rings. The van der Waals surface area contributed by atoms with Crippen LogP contribution < -0.4 is 8.92 Å². The summed E-state index contributed by atoms with van der Waals surface area (Å²) in [4.78, 5) is 3.98. The van der Waals surface area contributed by atoms with Gasteiger partial charge in [0.25, 0.3) is 0 Å². The zero-order chi connectivity index (χ0) is 30.4. The molecule has 0 aliphatic rings. The molecular formula is C27H23F8NO3S. The van der Waals surface area contributed by atoms with E-state index in [9.17, 15) is 39.3 Å². The second-order valence-electron chi connectivity index (χ2n) is 7.17. The first-order valence-corrected chi connectivity index (χ1v) is 12.8. The number of fused-ring (bicyclic) bond motifs is 1. The highest BCUT2D eigenvalue weighted by atomic mass is 32.2. The number of alkyl halides is 3. The smallest absolute Gasteiger partial charge is 0.416 e. The quantitative estimate of drug-likeness (QED) is 0.132. The van der Waals surface area contributed by atoms with Gasteiger partial charge in [0.1, 0.15) is 5.75 Å². The molecule has 1 unspecified atom stereocenters. The van der Waals surface area contributed by atoms with Crippen molar-refractivity contribution >= 4 is 21.9 Å². The van der Waals surface area contributed by atoms with Crippen LogP contribution in [0, 0.1) is 29.1 Å². The molecule has 0 fully saturated rings. The highest BCUT2D eigenvalue weighted by Gasteiger charge is 2.32. The number of nitrogens with zero attached hydrogens (tertiary/aromatic N) is 1. The summed E-state index contributed by atoms with van der Waals surface area (Å²) in [6.07, 6.45) is -3.31. The van der Waals surface area contributed by atoms with E-state index >= 15 is 0 Å². The van der Waals surface area contributed by atoms with Gasteiger partial charge in [-0.25, -0.2) is 17.4 Å². The Kier molecular flexibility index (Phi) is 11.0. The lowest BCUT2D eigenvalue weighted by atomic mass is 10.0. The average Bonchev–Trinajstić information content (AvgIpc) is 2.97. The van der Waals surface area contributed by atoms with E-state index in [0.717, 1.165) is 12.1 Å². The van der Waals surface area contributed by atoms with Crippen molar-refractivity contribution in [3.63, 3.8) is 0 Å². The van der Waals surface area contributed by atoms with Crippen LogP contribution in [-0.4, -0.2) is 16.3 Å². The van der Waals surface area contributed by atoms with Gasteiger partial charge in [-0.1, -0.05) is 33.8 Å². The molecule has 0 saturated carbocycles. The maximum absolute atomic E-state index is 13.9. The predicted molar refractivity (Wildman–Crippen MR) is 135 cm³/mol. The van der Waals surface area contributed by atoms with Crippen molar-refractivity contribution in [1.82, 2.24) is 4.98 Å². The maximum Gasteiger partial charge on any atom is 0.416 e. The molecule has 4 nitrogen and oxygen atoms in total. The number of methoxy groups -OCH3 is 1. The third kappa shape index (κ3) is 6.52. The molecule has 40 heavy (non-hydrogen) atoms. The Morgan fingerprint density at radius 3 is 1.90 bits per heavy atom. The van der Waals surface area contributed by atoms with Crippen LogP contribution in [0.2, 0.25) is 0 Å². The number of rotatable bonds is 5. The van der Waals surface area contributed by atoms with Gasteiger partial charge in [-0.2, -0.15) is 22.0 Å². The highest BCUT2D eigenvalue weighted by Crippen LogP contribution is 2.39. The molecule has 0 N–H and O–H groups in total. The Hall–Kier alpha value is -3.74. The standard InChI is InChI=1S/C23H11F8NO3S.2C2H6/c1-34-15-9-11(23(29,30)31)2-4-14(15)21-13-5-3-12(8-10(13)6-7-32-21)36(33)35-22-19(27)17(25)16(24)18(26)20(22)28;2*1-2/h2-9H,1H3;2*1-2H3. The fourth-order valence-electron chi connectivity index (χ4n) is 3.32. The zero-order valence-corrected chi connectivity index (χ0v) is 22.5. The van der Waals surface area contributed by atoms with Crippen LogP contribution in [0.5, 0.6) is 11.5 Å². The van der Waals surface area contributed by atoms with Crippen molar-refractivity contribution < 1.29 is 48.3 Å². The Labute approximate surface area is 227 Å². The Balaban J connectivity index is 0.00000134. The van der Waals surface area contributed by atoms with E-state index in [1.807, 2.05) is 27.7 Å². The molecule has 0 amide bonds. The molecule has 3 aromatic carbocycles. The van der Waals surface area contributed by atoms with Crippen LogP contribution in [0.15, 0.2) is 53.6 Å². The SMILES string of the molecule is CC.CC.COc1cc(C(F)(F)F)ccc1-c1nccc2cc(S(=O)Oc3c(F)c(F)c(F)c(F)c3F)ccc12. The van der Waals surface area contributed by atoms with Gasteiger partial charge in [0.15, 0.2) is 0 Å². The van der Waals surface area contributed by atoms with Crippen molar-refractivity contribution in [3.8, 4) is 22.8 Å². The Bertz CT molecular complexity index is 1500. The summed E-state index contributed by atoms with van der Waals surface area (Å²) in [7, 11) is 1.18. The molecule has 216 valence electrons. The van der Waals surface area contributed by atoms with E-state index < -0.39 is 57.7 Å². The van der Waals surface area contributed by atoms with E-state index in [1.54, 1.807) is 0 Å². The van der Waals surface area contributed by atoms with Gasteiger partial charge in [0.05, 0.1) is 23.3 Å². The van der Waals surface area contributed by atoms with Gasteiger partial charge < -0.3 is 8.92 Å². The first-order valence-electron chi connectivity index (χ1n) is 11.7. The molecule has 0 bridgehead atoms. The number of ether oxygens (including phenoxy) is 1. The summed E-state index contributed by atoms with van der Waals surface area (Å²) < 4.78 is 129. The number of halogens is 8. The summed E-state index contributed by atoms with van der Waals surface area (Å²) in [5.41, 5.74) is -0.523. The molecule has 13 heteroatoms. The number of benzene rings is 3. The molecule has 4 rings (SSSR count). The topological polar surface area (TPSA) is 48.4 Å². The summed E-state index contributed by atoms with van der Waals surface area (Å²) in [6, 6.07) is 8.02. The Morgan fingerprint density at radius 1 is 0.775 bits per heavy atom. The van der Waals surface area contributed by atoms with E-state index in [-0.39, 0.29) is 21.9 Å². The van der Waals surface area contributed by atoms with E-state index in [4.69, 9.17) is 4.74 Å². The molecule has 1 aromatic heterocycles. The lowest BCUT2D eigenvalue weighted by Crippen LogP contribution is -2.09. The van der Waals surface area contributed by atoms with E-state index in [2.05, 4.69) is 9.17 Å². The van der Waals surface area contributed by atoms with Gasteiger partial charge >= 0.3 is 6.18 Å². The average molecular weight is 594 g/mol. The summed E-state index contributed by atoms with van der Waals surface area (Å²) >= 11 is -2.71. The second kappa shape index (κ2) is 13.6.